The molecule has 0 aliphatic carbocycles. The average Bonchev–Trinajstić information content (AvgIpc) is 3.33. The second-order valence-corrected chi connectivity index (χ2v) is 5.84. The fourth-order valence-corrected chi connectivity index (χ4v) is 3.11. The van der Waals surface area contributed by atoms with E-state index in [9.17, 15) is 14.7 Å². The van der Waals surface area contributed by atoms with Gasteiger partial charge in [-0.3, -0.25) is 4.79 Å². The van der Waals surface area contributed by atoms with Crippen LogP contribution in [0.1, 0.15) is 19.4 Å². The third kappa shape index (κ3) is 3.12. The standard InChI is InChI=1S/C18H21NO6/c1-3-23-17(22)13-14(20)16(21)19(10-12-8-6-5-7-9-12)15(13)18(11-25-18)24-4-2/h5-9,15,20H,3-4,10-11H2,1-2H3. The number of esters is 1. The number of carbonyl (C=O) groups is 2. The second kappa shape index (κ2) is 6.85. The Kier molecular flexibility index (Phi) is 4.78. The van der Waals surface area contributed by atoms with Crippen molar-refractivity contribution in [2.75, 3.05) is 19.8 Å². The summed E-state index contributed by atoms with van der Waals surface area (Å²) in [5.74, 6) is -3.09. The molecule has 0 bridgehead atoms. The molecule has 1 fully saturated rings. The van der Waals surface area contributed by atoms with E-state index < -0.39 is 29.5 Å². The van der Waals surface area contributed by atoms with Crippen molar-refractivity contribution >= 4 is 11.9 Å². The Labute approximate surface area is 145 Å². The minimum atomic E-state index is -1.12. The van der Waals surface area contributed by atoms with Crippen molar-refractivity contribution in [1.82, 2.24) is 4.90 Å². The van der Waals surface area contributed by atoms with E-state index in [2.05, 4.69) is 0 Å². The summed E-state index contributed by atoms with van der Waals surface area (Å²) < 4.78 is 16.2. The highest BCUT2D eigenvalue weighted by Gasteiger charge is 2.63. The monoisotopic (exact) mass is 347 g/mol. The van der Waals surface area contributed by atoms with Gasteiger partial charge in [-0.25, -0.2) is 4.79 Å². The molecule has 0 aromatic heterocycles. The Morgan fingerprint density at radius 3 is 2.56 bits per heavy atom. The van der Waals surface area contributed by atoms with Gasteiger partial charge in [0.2, 0.25) is 5.79 Å². The van der Waals surface area contributed by atoms with Crippen molar-refractivity contribution in [3.8, 4) is 0 Å². The number of rotatable bonds is 7. The highest BCUT2D eigenvalue weighted by atomic mass is 16.8. The topological polar surface area (TPSA) is 88.6 Å². The van der Waals surface area contributed by atoms with Crippen LogP contribution in [0.4, 0.5) is 0 Å². The molecule has 1 aromatic carbocycles. The van der Waals surface area contributed by atoms with Crippen molar-refractivity contribution in [2.24, 2.45) is 0 Å². The Morgan fingerprint density at radius 2 is 2.00 bits per heavy atom. The first kappa shape index (κ1) is 17.4. The summed E-state index contributed by atoms with van der Waals surface area (Å²) in [5, 5.41) is 10.3. The third-order valence-electron chi connectivity index (χ3n) is 4.23. The number of amides is 1. The van der Waals surface area contributed by atoms with Gasteiger partial charge in [-0.15, -0.1) is 0 Å². The minimum Gasteiger partial charge on any atom is -0.503 e. The van der Waals surface area contributed by atoms with Gasteiger partial charge in [-0.2, -0.15) is 0 Å². The SMILES string of the molecule is CCOC(=O)C1=C(O)C(=O)N(Cc2ccccc2)C1C1(OCC)CO1. The molecule has 7 heteroatoms. The molecule has 2 unspecified atom stereocenters. The highest BCUT2D eigenvalue weighted by molar-refractivity contribution is 6.06. The van der Waals surface area contributed by atoms with Crippen LogP contribution in [-0.4, -0.2) is 53.5 Å². The van der Waals surface area contributed by atoms with E-state index in [4.69, 9.17) is 14.2 Å². The van der Waals surface area contributed by atoms with Crippen LogP contribution in [0.2, 0.25) is 0 Å². The van der Waals surface area contributed by atoms with E-state index in [-0.39, 0.29) is 25.3 Å². The molecular weight excluding hydrogens is 326 g/mol. The fourth-order valence-electron chi connectivity index (χ4n) is 3.11. The lowest BCUT2D eigenvalue weighted by Crippen LogP contribution is -2.48. The first-order valence-electron chi connectivity index (χ1n) is 8.27. The molecule has 1 saturated heterocycles. The predicted molar refractivity (Wildman–Crippen MR) is 87.4 cm³/mol. The maximum absolute atomic E-state index is 12.6. The number of nitrogens with zero attached hydrogens (tertiary/aromatic N) is 1. The molecule has 25 heavy (non-hydrogen) atoms. The van der Waals surface area contributed by atoms with E-state index in [1.165, 1.54) is 4.90 Å². The number of carbonyl (C=O) groups excluding carboxylic acids is 2. The molecule has 0 radical (unpaired) electrons. The molecule has 7 nitrogen and oxygen atoms in total. The normalized spacial score (nSPS) is 25.4. The molecule has 0 saturated carbocycles. The Morgan fingerprint density at radius 1 is 1.32 bits per heavy atom. The van der Waals surface area contributed by atoms with Crippen LogP contribution in [0.3, 0.4) is 0 Å². The van der Waals surface area contributed by atoms with Gasteiger partial charge in [-0.05, 0) is 19.4 Å². The lowest BCUT2D eigenvalue weighted by Gasteiger charge is -2.30. The number of hydrogen-bond donors (Lipinski definition) is 1. The van der Waals surface area contributed by atoms with Gasteiger partial charge in [0, 0.05) is 13.2 Å². The van der Waals surface area contributed by atoms with Crippen molar-refractivity contribution in [3.63, 3.8) is 0 Å². The zero-order valence-corrected chi connectivity index (χ0v) is 14.2. The molecular formula is C18H21NO6. The molecule has 1 aromatic rings. The number of epoxide rings is 1. The first-order valence-corrected chi connectivity index (χ1v) is 8.27. The highest BCUT2D eigenvalue weighted by Crippen LogP contribution is 2.43. The molecule has 2 heterocycles. The fraction of sp³-hybridized carbons (Fsp3) is 0.444. The molecule has 0 spiro atoms. The van der Waals surface area contributed by atoms with Crippen LogP contribution < -0.4 is 0 Å². The molecule has 2 aliphatic heterocycles. The van der Waals surface area contributed by atoms with Crippen molar-refractivity contribution in [2.45, 2.75) is 32.2 Å². The Bertz CT molecular complexity index is 695. The Hall–Kier alpha value is -2.38. The molecule has 2 aliphatic rings. The van der Waals surface area contributed by atoms with E-state index >= 15 is 0 Å². The van der Waals surface area contributed by atoms with Crippen molar-refractivity contribution in [1.29, 1.82) is 0 Å². The van der Waals surface area contributed by atoms with Gasteiger partial charge in [0.1, 0.15) is 18.2 Å². The number of aliphatic hydroxyl groups excluding tert-OH is 1. The lowest BCUT2D eigenvalue weighted by atomic mass is 10.0. The summed E-state index contributed by atoms with van der Waals surface area (Å²) >= 11 is 0. The quantitative estimate of drug-likeness (QED) is 0.594. The summed E-state index contributed by atoms with van der Waals surface area (Å²) in [6.45, 7) is 4.40. The minimum absolute atomic E-state index is 0.103. The van der Waals surface area contributed by atoms with Gasteiger partial charge < -0.3 is 24.2 Å². The van der Waals surface area contributed by atoms with Gasteiger partial charge >= 0.3 is 5.97 Å². The zero-order chi connectivity index (χ0) is 18.0. The zero-order valence-electron chi connectivity index (χ0n) is 14.2. The van der Waals surface area contributed by atoms with Gasteiger partial charge in [0.25, 0.3) is 5.91 Å². The molecule has 1 amide bonds. The van der Waals surface area contributed by atoms with Crippen molar-refractivity contribution in [3.05, 3.63) is 47.2 Å². The maximum Gasteiger partial charge on any atom is 0.340 e. The van der Waals surface area contributed by atoms with Gasteiger partial charge in [0.05, 0.1) is 6.61 Å². The smallest absolute Gasteiger partial charge is 0.340 e. The predicted octanol–water partition coefficient (Wildman–Crippen LogP) is 1.54. The first-order chi connectivity index (χ1) is 12.0. The van der Waals surface area contributed by atoms with Gasteiger partial charge in [0.15, 0.2) is 5.76 Å². The summed E-state index contributed by atoms with van der Waals surface area (Å²) in [4.78, 5) is 26.4. The van der Waals surface area contributed by atoms with E-state index in [0.29, 0.717) is 6.61 Å². The molecule has 3 rings (SSSR count). The van der Waals surface area contributed by atoms with Crippen LogP contribution in [0.25, 0.3) is 0 Å². The van der Waals surface area contributed by atoms with E-state index in [1.54, 1.807) is 13.8 Å². The lowest BCUT2D eigenvalue weighted by molar-refractivity contribution is -0.144. The van der Waals surface area contributed by atoms with Crippen LogP contribution in [0.15, 0.2) is 41.7 Å². The second-order valence-electron chi connectivity index (χ2n) is 5.84. The number of aliphatic hydroxyl groups is 1. The number of hydrogen-bond acceptors (Lipinski definition) is 6. The van der Waals surface area contributed by atoms with Crippen LogP contribution in [-0.2, 0) is 30.3 Å². The summed E-state index contributed by atoms with van der Waals surface area (Å²) in [5.41, 5.74) is 0.764. The van der Waals surface area contributed by atoms with Crippen LogP contribution >= 0.6 is 0 Å². The largest absolute Gasteiger partial charge is 0.503 e. The van der Waals surface area contributed by atoms with Gasteiger partial charge in [-0.1, -0.05) is 30.3 Å². The summed E-state index contributed by atoms with van der Waals surface area (Å²) in [7, 11) is 0. The molecule has 134 valence electrons. The summed E-state index contributed by atoms with van der Waals surface area (Å²) in [6, 6.07) is 8.47. The third-order valence-corrected chi connectivity index (χ3v) is 4.23. The van der Waals surface area contributed by atoms with E-state index in [1.807, 2.05) is 30.3 Å². The number of benzene rings is 1. The molecule has 1 N–H and O–H groups in total. The number of ether oxygens (including phenoxy) is 3. The van der Waals surface area contributed by atoms with Crippen molar-refractivity contribution < 1.29 is 28.9 Å². The summed E-state index contributed by atoms with van der Waals surface area (Å²) in [6.07, 6.45) is 0. The molecule has 2 atom stereocenters. The van der Waals surface area contributed by atoms with Crippen LogP contribution in [0.5, 0.6) is 0 Å². The maximum atomic E-state index is 12.6. The van der Waals surface area contributed by atoms with E-state index in [0.717, 1.165) is 5.56 Å². The average molecular weight is 347 g/mol. The Balaban J connectivity index is 1.97. The van der Waals surface area contributed by atoms with Crippen LogP contribution in [0, 0.1) is 0 Å².